The maximum Gasteiger partial charge on any atom is 0.254 e. The third kappa shape index (κ3) is 3.34. The van der Waals surface area contributed by atoms with Gasteiger partial charge >= 0.3 is 0 Å². The molecule has 0 radical (unpaired) electrons. The minimum absolute atomic E-state index is 0.0336. The van der Waals surface area contributed by atoms with Gasteiger partial charge in [0.1, 0.15) is 5.82 Å². The van der Waals surface area contributed by atoms with E-state index in [0.29, 0.717) is 12.5 Å². The molecule has 2 N–H and O–H groups in total. The Balaban J connectivity index is 1.75. The van der Waals surface area contributed by atoms with Crippen molar-refractivity contribution in [2.75, 3.05) is 31.1 Å². The van der Waals surface area contributed by atoms with Crippen molar-refractivity contribution < 1.29 is 4.79 Å². The van der Waals surface area contributed by atoms with E-state index in [1.54, 1.807) is 6.20 Å². The maximum absolute atomic E-state index is 12.9. The number of likely N-dealkylation sites (tertiary alicyclic amines) is 1. The minimum atomic E-state index is -0.0336. The van der Waals surface area contributed by atoms with Crippen LogP contribution in [0.5, 0.6) is 0 Å². The van der Waals surface area contributed by atoms with Crippen LogP contribution in [-0.4, -0.2) is 48.0 Å². The van der Waals surface area contributed by atoms with Gasteiger partial charge in [-0.05, 0) is 36.3 Å². The van der Waals surface area contributed by atoms with E-state index in [0.717, 1.165) is 37.4 Å². The molecule has 0 bridgehead atoms. The summed E-state index contributed by atoms with van der Waals surface area (Å²) in [6, 6.07) is 3.93. The first kappa shape index (κ1) is 16.2. The van der Waals surface area contributed by atoms with Gasteiger partial charge in [0.05, 0.1) is 0 Å². The predicted molar refractivity (Wildman–Crippen MR) is 92.5 cm³/mol. The summed E-state index contributed by atoms with van der Waals surface area (Å²) in [5.74, 6) is 1.72. The van der Waals surface area contributed by atoms with Gasteiger partial charge in [0.25, 0.3) is 5.91 Å². The van der Waals surface area contributed by atoms with E-state index in [1.807, 2.05) is 17.0 Å². The third-order valence-electron chi connectivity index (χ3n) is 5.34. The zero-order chi connectivity index (χ0) is 16.6. The highest BCUT2D eigenvalue weighted by Crippen LogP contribution is 2.29. The minimum Gasteiger partial charge on any atom is -0.356 e. The van der Waals surface area contributed by atoms with Crippen molar-refractivity contribution in [3.63, 3.8) is 0 Å². The largest absolute Gasteiger partial charge is 0.356 e. The van der Waals surface area contributed by atoms with Gasteiger partial charge in [-0.25, -0.2) is 4.98 Å². The molecule has 2 atom stereocenters. The van der Waals surface area contributed by atoms with Crippen LogP contribution in [0.1, 0.15) is 44.0 Å². The van der Waals surface area contributed by atoms with Crippen LogP contribution < -0.4 is 10.6 Å². The Morgan fingerprint density at radius 2 is 2.13 bits per heavy atom. The molecular weight excluding hydrogens is 288 g/mol. The lowest BCUT2D eigenvalue weighted by molar-refractivity contribution is 0.0533. The molecule has 1 aromatic heterocycles. The van der Waals surface area contributed by atoms with Crippen molar-refractivity contribution in [3.8, 4) is 0 Å². The number of hydrogen-bond acceptors (Lipinski definition) is 4. The molecule has 2 saturated heterocycles. The lowest BCUT2D eigenvalue weighted by Gasteiger charge is -2.42. The number of aromatic nitrogens is 1. The number of amides is 1. The number of hydrogen-bond donors (Lipinski definition) is 1. The SMILES string of the molecule is CC1CCN(c2cc(C(=O)N3CCC(N)C(C)(C)C3)ccn2)C1. The van der Waals surface area contributed by atoms with E-state index in [1.165, 1.54) is 6.42 Å². The Kier molecular flexibility index (Phi) is 4.32. The van der Waals surface area contributed by atoms with Crippen molar-refractivity contribution >= 4 is 11.7 Å². The van der Waals surface area contributed by atoms with Gasteiger partial charge in [0.2, 0.25) is 0 Å². The molecule has 5 heteroatoms. The molecule has 2 aliphatic heterocycles. The van der Waals surface area contributed by atoms with Crippen molar-refractivity contribution in [3.05, 3.63) is 23.9 Å². The predicted octanol–water partition coefficient (Wildman–Crippen LogP) is 2.13. The Morgan fingerprint density at radius 1 is 1.35 bits per heavy atom. The molecule has 126 valence electrons. The molecule has 2 aliphatic rings. The third-order valence-corrected chi connectivity index (χ3v) is 5.34. The average molecular weight is 316 g/mol. The van der Waals surface area contributed by atoms with Crippen molar-refractivity contribution in [1.82, 2.24) is 9.88 Å². The first-order valence-electron chi connectivity index (χ1n) is 8.63. The summed E-state index contributed by atoms with van der Waals surface area (Å²) in [6.07, 6.45) is 3.81. The van der Waals surface area contributed by atoms with Crippen LogP contribution in [-0.2, 0) is 0 Å². The highest BCUT2D eigenvalue weighted by molar-refractivity contribution is 5.95. The van der Waals surface area contributed by atoms with Gasteiger partial charge in [-0.15, -0.1) is 0 Å². The van der Waals surface area contributed by atoms with Crippen LogP contribution in [0, 0.1) is 11.3 Å². The Morgan fingerprint density at radius 3 is 2.78 bits per heavy atom. The van der Waals surface area contributed by atoms with Gasteiger partial charge < -0.3 is 15.5 Å². The van der Waals surface area contributed by atoms with Crippen LogP contribution in [0.4, 0.5) is 5.82 Å². The number of pyridine rings is 1. The number of nitrogens with two attached hydrogens (primary N) is 1. The average Bonchev–Trinajstić information content (AvgIpc) is 2.96. The molecule has 0 aliphatic carbocycles. The molecule has 0 aromatic carbocycles. The molecule has 23 heavy (non-hydrogen) atoms. The summed E-state index contributed by atoms with van der Waals surface area (Å²) in [5.41, 5.74) is 6.88. The zero-order valence-corrected chi connectivity index (χ0v) is 14.5. The summed E-state index contributed by atoms with van der Waals surface area (Å²) >= 11 is 0. The normalized spacial score (nSPS) is 27.3. The van der Waals surface area contributed by atoms with E-state index < -0.39 is 0 Å². The Bertz CT molecular complexity index is 586. The van der Waals surface area contributed by atoms with E-state index in [9.17, 15) is 4.79 Å². The summed E-state index contributed by atoms with van der Waals surface area (Å²) in [6.45, 7) is 10.0. The van der Waals surface area contributed by atoms with Crippen molar-refractivity contribution in [2.45, 2.75) is 39.7 Å². The lowest BCUT2D eigenvalue weighted by atomic mass is 9.79. The molecule has 1 aromatic rings. The second-order valence-corrected chi connectivity index (χ2v) is 7.85. The molecule has 1 amide bonds. The summed E-state index contributed by atoms with van der Waals surface area (Å²) in [7, 11) is 0. The van der Waals surface area contributed by atoms with Gasteiger partial charge in [0, 0.05) is 44.0 Å². The standard InChI is InChI=1S/C18H28N4O/c1-13-5-8-21(11-13)16-10-14(4-7-20-16)17(23)22-9-6-15(19)18(2,3)12-22/h4,7,10,13,15H,5-6,8-9,11-12,19H2,1-3H3. The molecular formula is C18H28N4O. The summed E-state index contributed by atoms with van der Waals surface area (Å²) in [5, 5.41) is 0. The van der Waals surface area contributed by atoms with Crippen LogP contribution in [0.15, 0.2) is 18.3 Å². The topological polar surface area (TPSA) is 62.5 Å². The lowest BCUT2D eigenvalue weighted by Crippen LogP contribution is -2.54. The van der Waals surface area contributed by atoms with Gasteiger partial charge in [-0.3, -0.25) is 4.79 Å². The molecule has 3 heterocycles. The number of carbonyl (C=O) groups is 1. The quantitative estimate of drug-likeness (QED) is 0.908. The second-order valence-electron chi connectivity index (χ2n) is 7.85. The number of nitrogens with zero attached hydrogens (tertiary/aromatic N) is 3. The Hall–Kier alpha value is -1.62. The van der Waals surface area contributed by atoms with Crippen LogP contribution in [0.2, 0.25) is 0 Å². The molecule has 0 saturated carbocycles. The van der Waals surface area contributed by atoms with Crippen LogP contribution >= 0.6 is 0 Å². The van der Waals surface area contributed by atoms with E-state index in [4.69, 9.17) is 5.73 Å². The van der Waals surface area contributed by atoms with Crippen LogP contribution in [0.25, 0.3) is 0 Å². The summed E-state index contributed by atoms with van der Waals surface area (Å²) in [4.78, 5) is 21.5. The number of rotatable bonds is 2. The first-order valence-corrected chi connectivity index (χ1v) is 8.63. The highest BCUT2D eigenvalue weighted by Gasteiger charge is 2.35. The molecule has 2 fully saturated rings. The van der Waals surface area contributed by atoms with Crippen LogP contribution in [0.3, 0.4) is 0 Å². The van der Waals surface area contributed by atoms with E-state index in [2.05, 4.69) is 30.7 Å². The molecule has 2 unspecified atom stereocenters. The molecule has 5 nitrogen and oxygen atoms in total. The smallest absolute Gasteiger partial charge is 0.254 e. The number of piperidine rings is 1. The second kappa shape index (κ2) is 6.11. The zero-order valence-electron chi connectivity index (χ0n) is 14.5. The van der Waals surface area contributed by atoms with Gasteiger partial charge in [-0.1, -0.05) is 20.8 Å². The first-order chi connectivity index (χ1) is 10.9. The van der Waals surface area contributed by atoms with E-state index in [-0.39, 0.29) is 17.4 Å². The maximum atomic E-state index is 12.9. The van der Waals surface area contributed by atoms with E-state index >= 15 is 0 Å². The van der Waals surface area contributed by atoms with Crippen molar-refractivity contribution in [2.24, 2.45) is 17.1 Å². The number of anilines is 1. The summed E-state index contributed by atoms with van der Waals surface area (Å²) < 4.78 is 0. The van der Waals surface area contributed by atoms with Crippen molar-refractivity contribution in [1.29, 1.82) is 0 Å². The Labute approximate surface area is 138 Å². The molecule has 3 rings (SSSR count). The van der Waals surface area contributed by atoms with Gasteiger partial charge in [-0.2, -0.15) is 0 Å². The fourth-order valence-corrected chi connectivity index (χ4v) is 3.60. The fourth-order valence-electron chi connectivity index (χ4n) is 3.60. The highest BCUT2D eigenvalue weighted by atomic mass is 16.2. The monoisotopic (exact) mass is 316 g/mol. The molecule has 0 spiro atoms. The fraction of sp³-hybridized carbons (Fsp3) is 0.667. The number of carbonyl (C=O) groups excluding carboxylic acids is 1. The van der Waals surface area contributed by atoms with Gasteiger partial charge in [0.15, 0.2) is 0 Å².